The van der Waals surface area contributed by atoms with E-state index >= 15 is 0 Å². The van der Waals surface area contributed by atoms with E-state index in [1.807, 2.05) is 0 Å². The lowest BCUT2D eigenvalue weighted by Gasteiger charge is -2.07. The van der Waals surface area contributed by atoms with Crippen molar-refractivity contribution in [2.75, 3.05) is 6.61 Å². The van der Waals surface area contributed by atoms with Crippen molar-refractivity contribution in [3.05, 3.63) is 40.4 Å². The van der Waals surface area contributed by atoms with Gasteiger partial charge in [0, 0.05) is 6.07 Å². The van der Waals surface area contributed by atoms with Crippen LogP contribution in [-0.2, 0) is 6.54 Å². The number of carbonyl (C=O) groups is 1. The normalized spacial score (nSPS) is 10.4. The smallest absolute Gasteiger partial charge is 0.358 e. The second-order valence-corrected chi connectivity index (χ2v) is 4.45. The summed E-state index contributed by atoms with van der Waals surface area (Å²) < 4.78 is 20.3. The number of hydrogen-bond donors (Lipinski definition) is 1. The van der Waals surface area contributed by atoms with E-state index in [9.17, 15) is 9.18 Å². The van der Waals surface area contributed by atoms with Crippen LogP contribution in [0, 0.1) is 5.82 Å². The average Bonchev–Trinajstić information content (AvgIpc) is 2.82. The number of halogens is 2. The van der Waals surface area contributed by atoms with E-state index in [4.69, 9.17) is 9.84 Å². The summed E-state index contributed by atoms with van der Waals surface area (Å²) in [5.41, 5.74) is -0.132. The Morgan fingerprint density at radius 3 is 3.00 bits per heavy atom. The Morgan fingerprint density at radius 1 is 1.53 bits per heavy atom. The van der Waals surface area contributed by atoms with E-state index in [1.165, 1.54) is 23.0 Å². The van der Waals surface area contributed by atoms with Gasteiger partial charge in [-0.1, -0.05) is 5.21 Å². The first-order valence-corrected chi connectivity index (χ1v) is 6.07. The third-order valence-electron chi connectivity index (χ3n) is 2.23. The van der Waals surface area contributed by atoms with Crippen molar-refractivity contribution >= 4 is 21.9 Å². The Morgan fingerprint density at radius 2 is 2.32 bits per heavy atom. The number of carboxylic acid groups (broad SMARTS) is 1. The minimum absolute atomic E-state index is 0.132. The lowest BCUT2D eigenvalue weighted by atomic mass is 10.3. The van der Waals surface area contributed by atoms with E-state index in [0.29, 0.717) is 16.8 Å². The quantitative estimate of drug-likeness (QED) is 0.907. The van der Waals surface area contributed by atoms with E-state index in [1.54, 1.807) is 6.07 Å². The molecule has 0 aliphatic heterocycles. The summed E-state index contributed by atoms with van der Waals surface area (Å²) in [7, 11) is 0. The maximum absolute atomic E-state index is 13.0. The van der Waals surface area contributed by atoms with E-state index < -0.39 is 11.8 Å². The number of benzene rings is 1. The number of aromatic carboxylic acids is 1. The molecule has 100 valence electrons. The molecule has 0 radical (unpaired) electrons. The molecule has 1 heterocycles. The van der Waals surface area contributed by atoms with Crippen LogP contribution in [0.15, 0.2) is 28.9 Å². The molecule has 0 saturated heterocycles. The highest BCUT2D eigenvalue weighted by Crippen LogP contribution is 2.25. The molecule has 2 aromatic rings. The van der Waals surface area contributed by atoms with Crippen molar-refractivity contribution in [2.45, 2.75) is 6.54 Å². The summed E-state index contributed by atoms with van der Waals surface area (Å²) in [5.74, 6) is -1.16. The molecule has 2 rings (SSSR count). The minimum Gasteiger partial charge on any atom is -0.490 e. The zero-order valence-corrected chi connectivity index (χ0v) is 11.2. The van der Waals surface area contributed by atoms with Crippen LogP contribution in [-0.4, -0.2) is 32.7 Å². The fourth-order valence-electron chi connectivity index (χ4n) is 1.34. The Balaban J connectivity index is 1.92. The van der Waals surface area contributed by atoms with Gasteiger partial charge in [-0.15, -0.1) is 5.10 Å². The Labute approximate surface area is 115 Å². The standard InChI is InChI=1S/C11H9BrFN3O3/c12-8-2-1-7(13)5-10(8)19-4-3-16-6-9(11(17)18)14-15-16/h1-2,5-6H,3-4H2,(H,17,18). The molecule has 0 aliphatic carbocycles. The van der Waals surface area contributed by atoms with Crippen LogP contribution in [0.2, 0.25) is 0 Å². The van der Waals surface area contributed by atoms with Gasteiger partial charge in [0.15, 0.2) is 5.69 Å². The highest BCUT2D eigenvalue weighted by Gasteiger charge is 2.08. The summed E-state index contributed by atoms with van der Waals surface area (Å²) >= 11 is 3.24. The Kier molecular flexibility index (Phi) is 4.10. The summed E-state index contributed by atoms with van der Waals surface area (Å²) in [5, 5.41) is 15.8. The highest BCUT2D eigenvalue weighted by atomic mass is 79.9. The van der Waals surface area contributed by atoms with Crippen molar-refractivity contribution < 1.29 is 19.0 Å². The summed E-state index contributed by atoms with van der Waals surface area (Å²) in [6.07, 6.45) is 1.30. The predicted octanol–water partition coefficient (Wildman–Crippen LogP) is 1.96. The molecule has 1 aromatic carbocycles. The van der Waals surface area contributed by atoms with Gasteiger partial charge >= 0.3 is 5.97 Å². The maximum Gasteiger partial charge on any atom is 0.358 e. The van der Waals surface area contributed by atoms with E-state index in [2.05, 4.69) is 26.2 Å². The van der Waals surface area contributed by atoms with Gasteiger partial charge in [0.1, 0.15) is 18.2 Å². The molecule has 0 aliphatic rings. The van der Waals surface area contributed by atoms with Crippen molar-refractivity contribution in [1.29, 1.82) is 0 Å². The topological polar surface area (TPSA) is 77.2 Å². The van der Waals surface area contributed by atoms with Crippen LogP contribution in [0.4, 0.5) is 4.39 Å². The number of carboxylic acids is 1. The van der Waals surface area contributed by atoms with Crippen LogP contribution >= 0.6 is 15.9 Å². The minimum atomic E-state index is -1.14. The van der Waals surface area contributed by atoms with Crippen molar-refractivity contribution in [3.8, 4) is 5.75 Å². The van der Waals surface area contributed by atoms with Crippen molar-refractivity contribution in [3.63, 3.8) is 0 Å². The average molecular weight is 330 g/mol. The molecule has 0 saturated carbocycles. The third-order valence-corrected chi connectivity index (χ3v) is 2.88. The first-order chi connectivity index (χ1) is 9.06. The molecule has 6 nitrogen and oxygen atoms in total. The van der Waals surface area contributed by atoms with Crippen LogP contribution in [0.25, 0.3) is 0 Å². The first kappa shape index (κ1) is 13.5. The number of aromatic nitrogens is 3. The molecule has 1 N–H and O–H groups in total. The predicted molar refractivity (Wildman–Crippen MR) is 66.6 cm³/mol. The molecule has 19 heavy (non-hydrogen) atoms. The monoisotopic (exact) mass is 329 g/mol. The third kappa shape index (κ3) is 3.50. The molecule has 1 aromatic heterocycles. The number of nitrogens with zero attached hydrogens (tertiary/aromatic N) is 3. The Hall–Kier alpha value is -1.96. The van der Waals surface area contributed by atoms with Gasteiger partial charge in [-0.05, 0) is 28.1 Å². The van der Waals surface area contributed by atoms with Crippen LogP contribution < -0.4 is 4.74 Å². The summed E-state index contributed by atoms with van der Waals surface area (Å²) in [4.78, 5) is 10.6. The van der Waals surface area contributed by atoms with Gasteiger partial charge in [-0.25, -0.2) is 13.9 Å². The molecule has 8 heteroatoms. The van der Waals surface area contributed by atoms with Gasteiger partial charge in [0.2, 0.25) is 0 Å². The fourth-order valence-corrected chi connectivity index (χ4v) is 1.70. The van der Waals surface area contributed by atoms with Crippen LogP contribution in [0.5, 0.6) is 5.75 Å². The summed E-state index contributed by atoms with van der Waals surface area (Å²) in [6.45, 7) is 0.522. The lowest BCUT2D eigenvalue weighted by molar-refractivity contribution is 0.0690. The summed E-state index contributed by atoms with van der Waals surface area (Å²) in [6, 6.07) is 4.12. The molecule has 0 unspecified atom stereocenters. The molecule has 0 bridgehead atoms. The number of hydrogen-bond acceptors (Lipinski definition) is 4. The van der Waals surface area contributed by atoms with Gasteiger partial charge in [-0.3, -0.25) is 0 Å². The zero-order valence-electron chi connectivity index (χ0n) is 9.58. The highest BCUT2D eigenvalue weighted by molar-refractivity contribution is 9.10. The number of rotatable bonds is 5. The molecule has 0 atom stereocenters. The first-order valence-electron chi connectivity index (χ1n) is 5.27. The SMILES string of the molecule is O=C(O)c1cn(CCOc2cc(F)ccc2Br)nn1. The second-order valence-electron chi connectivity index (χ2n) is 3.60. The van der Waals surface area contributed by atoms with Crippen LogP contribution in [0.1, 0.15) is 10.5 Å². The molecule has 0 fully saturated rings. The van der Waals surface area contributed by atoms with Gasteiger partial charge in [0.05, 0.1) is 17.2 Å². The Bertz CT molecular complexity index is 603. The largest absolute Gasteiger partial charge is 0.490 e. The molecular formula is C11H9BrFN3O3. The fraction of sp³-hybridized carbons (Fsp3) is 0.182. The van der Waals surface area contributed by atoms with Crippen LogP contribution in [0.3, 0.4) is 0 Å². The van der Waals surface area contributed by atoms with Crippen molar-refractivity contribution in [2.24, 2.45) is 0 Å². The second kappa shape index (κ2) is 5.79. The van der Waals surface area contributed by atoms with Gasteiger partial charge in [-0.2, -0.15) is 0 Å². The van der Waals surface area contributed by atoms with E-state index in [0.717, 1.165) is 0 Å². The lowest BCUT2D eigenvalue weighted by Crippen LogP contribution is -2.09. The van der Waals surface area contributed by atoms with Crippen molar-refractivity contribution in [1.82, 2.24) is 15.0 Å². The molecular weight excluding hydrogens is 321 g/mol. The van der Waals surface area contributed by atoms with E-state index in [-0.39, 0.29) is 12.3 Å². The van der Waals surface area contributed by atoms with Gasteiger partial charge < -0.3 is 9.84 Å². The molecule has 0 amide bonds. The maximum atomic E-state index is 13.0. The number of ether oxygens (including phenoxy) is 1. The molecule has 0 spiro atoms. The van der Waals surface area contributed by atoms with Gasteiger partial charge in [0.25, 0.3) is 0 Å². The zero-order chi connectivity index (χ0) is 13.8.